The molecule has 1 aromatic heterocycles. The quantitative estimate of drug-likeness (QED) is 0.346. The number of nitrogens with one attached hydrogen (secondary N) is 1. The Morgan fingerprint density at radius 2 is 1.77 bits per heavy atom. The molecule has 0 radical (unpaired) electrons. The number of benzene rings is 3. The summed E-state index contributed by atoms with van der Waals surface area (Å²) in [7, 11) is 0. The van der Waals surface area contributed by atoms with Crippen LogP contribution in [0.3, 0.4) is 0 Å². The number of fused-ring (bicyclic) bond motifs is 1. The van der Waals surface area contributed by atoms with Crippen molar-refractivity contribution in [3.8, 4) is 11.4 Å². The Kier molecular flexibility index (Phi) is 5.29. The van der Waals surface area contributed by atoms with E-state index in [1.165, 1.54) is 0 Å². The molecule has 5 nitrogen and oxygen atoms in total. The zero-order valence-electron chi connectivity index (χ0n) is 16.6. The molecule has 6 heteroatoms. The number of aryl methyl sites for hydroxylation is 1. The van der Waals surface area contributed by atoms with Gasteiger partial charge in [0, 0.05) is 27.7 Å². The van der Waals surface area contributed by atoms with Crippen LogP contribution in [0.5, 0.6) is 5.75 Å². The summed E-state index contributed by atoms with van der Waals surface area (Å²) in [4.78, 5) is 12.5. The number of aromatic nitrogens is 1. The molecule has 4 aromatic rings. The second-order valence-electron chi connectivity index (χ2n) is 7.06. The monoisotopic (exact) mass is 417 g/mol. The number of carbonyl (C=O) groups is 1. The first-order chi connectivity index (χ1) is 14.4. The van der Waals surface area contributed by atoms with E-state index in [-0.39, 0.29) is 11.3 Å². The molecule has 0 unspecified atom stereocenters. The summed E-state index contributed by atoms with van der Waals surface area (Å²) in [5.41, 5.74) is 6.50. The largest absolute Gasteiger partial charge is 0.507 e. The van der Waals surface area contributed by atoms with Gasteiger partial charge in [-0.1, -0.05) is 41.9 Å². The number of halogens is 1. The molecule has 3 aromatic carbocycles. The van der Waals surface area contributed by atoms with Crippen molar-refractivity contribution in [1.82, 2.24) is 9.99 Å². The highest BCUT2D eigenvalue weighted by molar-refractivity contribution is 6.30. The van der Waals surface area contributed by atoms with Gasteiger partial charge in [0.25, 0.3) is 5.91 Å². The smallest absolute Gasteiger partial charge is 0.275 e. The molecule has 0 aliphatic rings. The molecule has 30 heavy (non-hydrogen) atoms. The van der Waals surface area contributed by atoms with Crippen LogP contribution in [0.4, 0.5) is 0 Å². The fourth-order valence-electron chi connectivity index (χ4n) is 3.56. The number of amides is 1. The Morgan fingerprint density at radius 1 is 1.03 bits per heavy atom. The number of hydrogen-bond donors (Lipinski definition) is 2. The SMILES string of the molecule is Cc1cc(/C=N\NC(=O)c2cc3ccccc3cc2O)c(C)n1-c1cccc(Cl)c1. The molecular formula is C24H20ClN3O2. The first-order valence-electron chi connectivity index (χ1n) is 9.44. The maximum Gasteiger partial charge on any atom is 0.275 e. The molecule has 1 amide bonds. The van der Waals surface area contributed by atoms with Crippen molar-refractivity contribution in [2.45, 2.75) is 13.8 Å². The lowest BCUT2D eigenvalue weighted by Gasteiger charge is -2.09. The average molecular weight is 418 g/mol. The number of phenolic OH excluding ortho intramolecular Hbond substituents is 1. The van der Waals surface area contributed by atoms with E-state index >= 15 is 0 Å². The normalized spacial score (nSPS) is 11.3. The predicted octanol–water partition coefficient (Wildman–Crippen LogP) is 5.37. The van der Waals surface area contributed by atoms with Crippen molar-refractivity contribution in [2.75, 3.05) is 0 Å². The van der Waals surface area contributed by atoms with Gasteiger partial charge in [-0.25, -0.2) is 5.43 Å². The first-order valence-corrected chi connectivity index (χ1v) is 9.82. The minimum absolute atomic E-state index is 0.0828. The standard InChI is InChI=1S/C24H20ClN3O2/c1-15-10-19(16(2)28(15)21-9-5-8-20(25)13-21)14-26-27-24(30)22-11-17-6-3-4-7-18(17)12-23(22)29/h3-14,29H,1-2H3,(H,27,30)/b26-14-. The summed E-state index contributed by atoms with van der Waals surface area (Å²) in [5.74, 6) is -0.557. The van der Waals surface area contributed by atoms with E-state index in [9.17, 15) is 9.90 Å². The molecule has 0 bridgehead atoms. The predicted molar refractivity (Wildman–Crippen MR) is 121 cm³/mol. The molecule has 2 N–H and O–H groups in total. The number of carbonyl (C=O) groups excluding carboxylic acids is 1. The van der Waals surface area contributed by atoms with Crippen molar-refractivity contribution in [2.24, 2.45) is 5.10 Å². The summed E-state index contributed by atoms with van der Waals surface area (Å²) in [6.45, 7) is 3.98. The average Bonchev–Trinajstić information content (AvgIpc) is 3.00. The summed E-state index contributed by atoms with van der Waals surface area (Å²) >= 11 is 6.12. The Hall–Kier alpha value is -3.57. The lowest BCUT2D eigenvalue weighted by Crippen LogP contribution is -2.17. The van der Waals surface area contributed by atoms with Crippen LogP contribution in [0.25, 0.3) is 16.5 Å². The van der Waals surface area contributed by atoms with E-state index in [4.69, 9.17) is 11.6 Å². The molecule has 0 fully saturated rings. The second-order valence-corrected chi connectivity index (χ2v) is 7.49. The van der Waals surface area contributed by atoms with Gasteiger partial charge in [-0.3, -0.25) is 4.79 Å². The van der Waals surface area contributed by atoms with Crippen LogP contribution in [0.15, 0.2) is 71.8 Å². The molecule has 0 aliphatic heterocycles. The van der Waals surface area contributed by atoms with Crippen molar-refractivity contribution in [1.29, 1.82) is 0 Å². The number of aromatic hydroxyl groups is 1. The Morgan fingerprint density at radius 3 is 2.50 bits per heavy atom. The van der Waals surface area contributed by atoms with Gasteiger partial charge < -0.3 is 9.67 Å². The van der Waals surface area contributed by atoms with E-state index in [2.05, 4.69) is 15.1 Å². The second kappa shape index (κ2) is 8.05. The molecule has 0 spiro atoms. The van der Waals surface area contributed by atoms with Crippen LogP contribution in [-0.4, -0.2) is 21.8 Å². The maximum absolute atomic E-state index is 12.5. The molecular weight excluding hydrogens is 398 g/mol. The van der Waals surface area contributed by atoms with Crippen LogP contribution in [0.2, 0.25) is 5.02 Å². The van der Waals surface area contributed by atoms with Gasteiger partial charge in [0.05, 0.1) is 11.8 Å². The van der Waals surface area contributed by atoms with Gasteiger partial charge in [0.1, 0.15) is 5.75 Å². The van der Waals surface area contributed by atoms with Gasteiger partial charge in [-0.05, 0) is 61.0 Å². The van der Waals surface area contributed by atoms with Crippen LogP contribution in [0.1, 0.15) is 27.3 Å². The minimum atomic E-state index is -0.474. The summed E-state index contributed by atoms with van der Waals surface area (Å²) < 4.78 is 2.07. The highest BCUT2D eigenvalue weighted by Crippen LogP contribution is 2.25. The van der Waals surface area contributed by atoms with Crippen LogP contribution in [-0.2, 0) is 0 Å². The minimum Gasteiger partial charge on any atom is -0.507 e. The zero-order valence-corrected chi connectivity index (χ0v) is 17.3. The molecule has 0 atom stereocenters. The third-order valence-corrected chi connectivity index (χ3v) is 5.25. The van der Waals surface area contributed by atoms with Gasteiger partial charge in [-0.15, -0.1) is 0 Å². The number of hydrazone groups is 1. The molecule has 4 rings (SSSR count). The first kappa shape index (κ1) is 19.7. The topological polar surface area (TPSA) is 66.6 Å². The Bertz CT molecular complexity index is 1290. The van der Waals surface area contributed by atoms with E-state index in [1.54, 1.807) is 18.3 Å². The number of rotatable bonds is 4. The lowest BCUT2D eigenvalue weighted by molar-refractivity contribution is 0.0952. The van der Waals surface area contributed by atoms with Crippen molar-refractivity contribution in [3.63, 3.8) is 0 Å². The van der Waals surface area contributed by atoms with Crippen molar-refractivity contribution in [3.05, 3.63) is 94.3 Å². The van der Waals surface area contributed by atoms with Gasteiger partial charge >= 0.3 is 0 Å². The molecule has 0 saturated carbocycles. The van der Waals surface area contributed by atoms with Crippen LogP contribution < -0.4 is 5.43 Å². The zero-order chi connectivity index (χ0) is 21.3. The number of hydrogen-bond acceptors (Lipinski definition) is 3. The lowest BCUT2D eigenvalue weighted by atomic mass is 10.1. The third kappa shape index (κ3) is 3.80. The third-order valence-electron chi connectivity index (χ3n) is 5.02. The highest BCUT2D eigenvalue weighted by Gasteiger charge is 2.13. The summed E-state index contributed by atoms with van der Waals surface area (Å²) in [6, 6.07) is 20.4. The summed E-state index contributed by atoms with van der Waals surface area (Å²) in [6.07, 6.45) is 1.60. The molecule has 0 aliphatic carbocycles. The van der Waals surface area contributed by atoms with E-state index < -0.39 is 5.91 Å². The van der Waals surface area contributed by atoms with Gasteiger partial charge in [0.15, 0.2) is 0 Å². The van der Waals surface area contributed by atoms with Crippen molar-refractivity contribution < 1.29 is 9.90 Å². The molecule has 150 valence electrons. The molecule has 0 saturated heterocycles. The number of nitrogens with zero attached hydrogens (tertiary/aromatic N) is 2. The fourth-order valence-corrected chi connectivity index (χ4v) is 3.75. The van der Waals surface area contributed by atoms with Crippen LogP contribution in [0, 0.1) is 13.8 Å². The van der Waals surface area contributed by atoms with Gasteiger partial charge in [0.2, 0.25) is 0 Å². The highest BCUT2D eigenvalue weighted by atomic mass is 35.5. The van der Waals surface area contributed by atoms with E-state index in [1.807, 2.05) is 68.4 Å². The Labute approximate surface area is 179 Å². The Balaban J connectivity index is 1.56. The molecule has 1 heterocycles. The van der Waals surface area contributed by atoms with E-state index in [0.29, 0.717) is 5.02 Å². The van der Waals surface area contributed by atoms with Gasteiger partial charge in [-0.2, -0.15) is 5.10 Å². The summed E-state index contributed by atoms with van der Waals surface area (Å²) in [5, 5.41) is 16.7. The maximum atomic E-state index is 12.5. The van der Waals surface area contributed by atoms with Crippen molar-refractivity contribution >= 4 is 34.5 Å². The number of phenols is 1. The van der Waals surface area contributed by atoms with Crippen LogP contribution >= 0.6 is 11.6 Å². The fraction of sp³-hybridized carbons (Fsp3) is 0.0833. The van der Waals surface area contributed by atoms with E-state index in [0.717, 1.165) is 33.4 Å².